The molecule has 0 atom stereocenters. The Kier molecular flexibility index (Phi) is 4.77. The van der Waals surface area contributed by atoms with Gasteiger partial charge in [-0.05, 0) is 18.6 Å². The number of hydrogen-bond acceptors (Lipinski definition) is 3. The van der Waals surface area contributed by atoms with E-state index in [1.54, 1.807) is 29.3 Å². The van der Waals surface area contributed by atoms with Crippen LogP contribution in [0.3, 0.4) is 0 Å². The summed E-state index contributed by atoms with van der Waals surface area (Å²) in [7, 11) is 0. The summed E-state index contributed by atoms with van der Waals surface area (Å²) in [6.45, 7) is 2.99. The molecule has 15 heavy (non-hydrogen) atoms. The number of carbonyl (C=O) groups is 1. The van der Waals surface area contributed by atoms with Crippen molar-refractivity contribution in [1.29, 1.82) is 0 Å². The van der Waals surface area contributed by atoms with E-state index in [9.17, 15) is 4.79 Å². The molecule has 0 spiro atoms. The molecule has 4 nitrogen and oxygen atoms in total. The van der Waals surface area contributed by atoms with E-state index in [1.807, 2.05) is 6.92 Å². The molecular weight excluding hydrogens is 192 g/mol. The molecule has 0 fully saturated rings. The lowest BCUT2D eigenvalue weighted by molar-refractivity contribution is 0.0716. The standard InChI is InChI=1S/C11H16N2O2/c1-2-7-13(8-9-14)11(15)10-5-3-4-6-12-10/h3-6,14H,2,7-9H2,1H3. The highest BCUT2D eigenvalue weighted by Gasteiger charge is 2.14. The lowest BCUT2D eigenvalue weighted by atomic mass is 10.3. The fourth-order valence-electron chi connectivity index (χ4n) is 1.36. The van der Waals surface area contributed by atoms with Crippen LogP contribution in [0.1, 0.15) is 23.8 Å². The number of aliphatic hydroxyl groups is 1. The summed E-state index contributed by atoms with van der Waals surface area (Å²) in [5, 5.41) is 8.84. The van der Waals surface area contributed by atoms with Crippen LogP contribution in [0.15, 0.2) is 24.4 Å². The molecule has 1 aromatic heterocycles. The van der Waals surface area contributed by atoms with Crippen LogP contribution in [-0.2, 0) is 0 Å². The van der Waals surface area contributed by atoms with E-state index in [1.165, 1.54) is 0 Å². The van der Waals surface area contributed by atoms with Gasteiger partial charge < -0.3 is 10.0 Å². The van der Waals surface area contributed by atoms with Gasteiger partial charge in [-0.1, -0.05) is 13.0 Å². The Morgan fingerprint density at radius 2 is 2.27 bits per heavy atom. The second-order valence-corrected chi connectivity index (χ2v) is 3.23. The van der Waals surface area contributed by atoms with Crippen LogP contribution in [0, 0.1) is 0 Å². The molecule has 0 aromatic carbocycles. The van der Waals surface area contributed by atoms with Crippen molar-refractivity contribution in [2.24, 2.45) is 0 Å². The number of hydrogen-bond donors (Lipinski definition) is 1. The fraction of sp³-hybridized carbons (Fsp3) is 0.455. The predicted octanol–water partition coefficient (Wildman–Crippen LogP) is 0.926. The van der Waals surface area contributed by atoms with Crippen molar-refractivity contribution in [3.8, 4) is 0 Å². The van der Waals surface area contributed by atoms with Crippen molar-refractivity contribution in [1.82, 2.24) is 9.88 Å². The average Bonchev–Trinajstić information content (AvgIpc) is 2.29. The largest absolute Gasteiger partial charge is 0.395 e. The third kappa shape index (κ3) is 3.32. The third-order valence-corrected chi connectivity index (χ3v) is 2.03. The van der Waals surface area contributed by atoms with Crippen LogP contribution >= 0.6 is 0 Å². The highest BCUT2D eigenvalue weighted by molar-refractivity contribution is 5.92. The molecule has 0 aliphatic rings. The van der Waals surface area contributed by atoms with E-state index in [0.29, 0.717) is 18.8 Å². The second-order valence-electron chi connectivity index (χ2n) is 3.23. The summed E-state index contributed by atoms with van der Waals surface area (Å²) < 4.78 is 0. The minimum atomic E-state index is -0.119. The molecule has 0 saturated carbocycles. The molecule has 1 N–H and O–H groups in total. The van der Waals surface area contributed by atoms with Gasteiger partial charge in [0.25, 0.3) is 5.91 Å². The van der Waals surface area contributed by atoms with Crippen LogP contribution in [-0.4, -0.2) is 40.6 Å². The summed E-state index contributed by atoms with van der Waals surface area (Å²) in [6, 6.07) is 5.23. The van der Waals surface area contributed by atoms with Crippen LogP contribution in [0.2, 0.25) is 0 Å². The van der Waals surface area contributed by atoms with Gasteiger partial charge in [0.1, 0.15) is 5.69 Å². The van der Waals surface area contributed by atoms with Gasteiger partial charge in [-0.2, -0.15) is 0 Å². The summed E-state index contributed by atoms with van der Waals surface area (Å²) in [5.74, 6) is -0.119. The van der Waals surface area contributed by atoms with E-state index in [0.717, 1.165) is 6.42 Å². The maximum absolute atomic E-state index is 11.9. The second kappa shape index (κ2) is 6.14. The van der Waals surface area contributed by atoms with Crippen molar-refractivity contribution >= 4 is 5.91 Å². The first-order valence-corrected chi connectivity index (χ1v) is 5.10. The van der Waals surface area contributed by atoms with E-state index in [4.69, 9.17) is 5.11 Å². The molecular formula is C11H16N2O2. The van der Waals surface area contributed by atoms with Gasteiger partial charge in [0, 0.05) is 19.3 Å². The molecule has 0 aliphatic carbocycles. The molecule has 0 aliphatic heterocycles. The lowest BCUT2D eigenvalue weighted by Gasteiger charge is -2.20. The highest BCUT2D eigenvalue weighted by Crippen LogP contribution is 2.01. The molecule has 1 aromatic rings. The van der Waals surface area contributed by atoms with Crippen molar-refractivity contribution in [3.63, 3.8) is 0 Å². The molecule has 4 heteroatoms. The average molecular weight is 208 g/mol. The van der Waals surface area contributed by atoms with E-state index < -0.39 is 0 Å². The van der Waals surface area contributed by atoms with Crippen molar-refractivity contribution < 1.29 is 9.90 Å². The van der Waals surface area contributed by atoms with Gasteiger partial charge >= 0.3 is 0 Å². The molecule has 0 unspecified atom stereocenters. The predicted molar refractivity (Wildman–Crippen MR) is 57.5 cm³/mol. The fourth-order valence-corrected chi connectivity index (χ4v) is 1.36. The van der Waals surface area contributed by atoms with Gasteiger partial charge in [-0.3, -0.25) is 9.78 Å². The number of nitrogens with zero attached hydrogens (tertiary/aromatic N) is 2. The highest BCUT2D eigenvalue weighted by atomic mass is 16.3. The smallest absolute Gasteiger partial charge is 0.272 e. The normalized spacial score (nSPS) is 10.0. The summed E-state index contributed by atoms with van der Waals surface area (Å²) in [4.78, 5) is 17.5. The number of amides is 1. The molecule has 0 radical (unpaired) electrons. The maximum Gasteiger partial charge on any atom is 0.272 e. The molecule has 82 valence electrons. The third-order valence-electron chi connectivity index (χ3n) is 2.03. The maximum atomic E-state index is 11.9. The summed E-state index contributed by atoms with van der Waals surface area (Å²) in [6.07, 6.45) is 2.47. The topological polar surface area (TPSA) is 53.4 Å². The Hall–Kier alpha value is -1.42. The van der Waals surface area contributed by atoms with Crippen molar-refractivity contribution in [2.75, 3.05) is 19.7 Å². The Balaban J connectivity index is 2.71. The van der Waals surface area contributed by atoms with E-state index >= 15 is 0 Å². The summed E-state index contributed by atoms with van der Waals surface area (Å²) >= 11 is 0. The Bertz CT molecular complexity index is 295. The number of carbonyl (C=O) groups excluding carboxylic acids is 1. The number of pyridine rings is 1. The van der Waals surface area contributed by atoms with Crippen LogP contribution in [0.5, 0.6) is 0 Å². The molecule has 0 saturated heterocycles. The lowest BCUT2D eigenvalue weighted by Crippen LogP contribution is -2.34. The Morgan fingerprint density at radius 3 is 2.80 bits per heavy atom. The van der Waals surface area contributed by atoms with Crippen molar-refractivity contribution in [3.05, 3.63) is 30.1 Å². The zero-order valence-electron chi connectivity index (χ0n) is 8.89. The number of aromatic nitrogens is 1. The molecule has 1 heterocycles. The van der Waals surface area contributed by atoms with Gasteiger partial charge in [0.2, 0.25) is 0 Å². The van der Waals surface area contributed by atoms with Gasteiger partial charge in [-0.15, -0.1) is 0 Å². The quantitative estimate of drug-likeness (QED) is 0.783. The first-order valence-electron chi connectivity index (χ1n) is 5.10. The molecule has 0 bridgehead atoms. The monoisotopic (exact) mass is 208 g/mol. The van der Waals surface area contributed by atoms with Crippen molar-refractivity contribution in [2.45, 2.75) is 13.3 Å². The van der Waals surface area contributed by atoms with Gasteiger partial charge in [-0.25, -0.2) is 0 Å². The Labute approximate surface area is 89.6 Å². The van der Waals surface area contributed by atoms with Crippen LogP contribution < -0.4 is 0 Å². The SMILES string of the molecule is CCCN(CCO)C(=O)c1ccccn1. The first kappa shape index (κ1) is 11.7. The summed E-state index contributed by atoms with van der Waals surface area (Å²) in [5.41, 5.74) is 0.430. The van der Waals surface area contributed by atoms with Crippen LogP contribution in [0.4, 0.5) is 0 Å². The molecule has 1 rings (SSSR count). The van der Waals surface area contributed by atoms with E-state index in [-0.39, 0.29) is 12.5 Å². The zero-order chi connectivity index (χ0) is 11.1. The minimum Gasteiger partial charge on any atom is -0.395 e. The van der Waals surface area contributed by atoms with E-state index in [2.05, 4.69) is 4.98 Å². The number of aliphatic hydroxyl groups excluding tert-OH is 1. The minimum absolute atomic E-state index is 0.0153. The first-order chi connectivity index (χ1) is 7.29. The van der Waals surface area contributed by atoms with Crippen LogP contribution in [0.25, 0.3) is 0 Å². The molecule has 1 amide bonds. The van der Waals surface area contributed by atoms with Gasteiger partial charge in [0.05, 0.1) is 6.61 Å². The Morgan fingerprint density at radius 1 is 1.47 bits per heavy atom. The van der Waals surface area contributed by atoms with Gasteiger partial charge in [0.15, 0.2) is 0 Å². The number of rotatable bonds is 5. The zero-order valence-corrected chi connectivity index (χ0v) is 8.89.